The van der Waals surface area contributed by atoms with Crippen LogP contribution < -0.4 is 5.11 Å². The number of aliphatic imine (C=N–C) groups is 1. The molecule has 0 bridgehead atoms. The first-order chi connectivity index (χ1) is 4.34. The molecular weight excluding hydrogens is 151 g/mol. The summed E-state index contributed by atoms with van der Waals surface area (Å²) in [4.78, 5) is 12.0. The predicted octanol–water partition coefficient (Wildman–Crippen LogP) is -0.146. The Morgan fingerprint density at radius 3 is 2.00 bits per heavy atom. The third kappa shape index (κ3) is 3.06. The SMILES string of the molecule is CC(=O)N=C([O-])C(F)(F)F. The van der Waals surface area contributed by atoms with E-state index in [0.717, 1.165) is 6.92 Å². The van der Waals surface area contributed by atoms with Gasteiger partial charge in [-0.3, -0.25) is 4.79 Å². The fourth-order valence-electron chi connectivity index (χ4n) is 0.206. The van der Waals surface area contributed by atoms with Crippen molar-refractivity contribution in [1.82, 2.24) is 0 Å². The summed E-state index contributed by atoms with van der Waals surface area (Å²) in [6, 6.07) is 0. The first kappa shape index (κ1) is 8.93. The molecule has 0 unspecified atom stereocenters. The standard InChI is InChI=1S/C4H4F3NO2/c1-2(9)8-3(10)4(5,6)7/h1H3,(H,8,9,10)/p-1. The van der Waals surface area contributed by atoms with E-state index in [9.17, 15) is 23.1 Å². The summed E-state index contributed by atoms with van der Waals surface area (Å²) in [5.41, 5.74) is 0. The summed E-state index contributed by atoms with van der Waals surface area (Å²) in [7, 11) is 0. The summed E-state index contributed by atoms with van der Waals surface area (Å²) >= 11 is 0. The molecule has 0 spiro atoms. The molecule has 0 aliphatic heterocycles. The molecule has 0 fully saturated rings. The molecule has 0 saturated carbocycles. The lowest BCUT2D eigenvalue weighted by Crippen LogP contribution is -2.35. The fraction of sp³-hybridized carbons (Fsp3) is 0.500. The molecule has 0 aliphatic carbocycles. The van der Waals surface area contributed by atoms with Crippen molar-refractivity contribution in [2.75, 3.05) is 0 Å². The molecule has 0 radical (unpaired) electrons. The van der Waals surface area contributed by atoms with E-state index in [2.05, 4.69) is 4.99 Å². The Labute approximate surface area is 54.2 Å². The topological polar surface area (TPSA) is 52.5 Å². The molecule has 0 saturated heterocycles. The van der Waals surface area contributed by atoms with Gasteiger partial charge in [-0.05, 0) is 0 Å². The third-order valence-corrected chi connectivity index (χ3v) is 0.501. The summed E-state index contributed by atoms with van der Waals surface area (Å²) in [6.45, 7) is 0.768. The van der Waals surface area contributed by atoms with Crippen molar-refractivity contribution >= 4 is 11.8 Å². The summed E-state index contributed by atoms with van der Waals surface area (Å²) < 4.78 is 33.6. The van der Waals surface area contributed by atoms with Gasteiger partial charge >= 0.3 is 6.18 Å². The Balaban J connectivity index is 4.35. The van der Waals surface area contributed by atoms with Gasteiger partial charge in [0.2, 0.25) is 5.91 Å². The van der Waals surface area contributed by atoms with Crippen LogP contribution in [0.25, 0.3) is 0 Å². The van der Waals surface area contributed by atoms with Crippen LogP contribution in [0.3, 0.4) is 0 Å². The number of halogens is 3. The minimum atomic E-state index is -5.04. The first-order valence-electron chi connectivity index (χ1n) is 2.17. The second-order valence-electron chi connectivity index (χ2n) is 1.43. The highest BCUT2D eigenvalue weighted by Crippen LogP contribution is 2.13. The van der Waals surface area contributed by atoms with Gasteiger partial charge < -0.3 is 5.11 Å². The van der Waals surface area contributed by atoms with E-state index in [-0.39, 0.29) is 0 Å². The van der Waals surface area contributed by atoms with Crippen molar-refractivity contribution in [3.05, 3.63) is 0 Å². The predicted molar refractivity (Wildman–Crippen MR) is 24.2 cm³/mol. The van der Waals surface area contributed by atoms with Crippen molar-refractivity contribution < 1.29 is 23.1 Å². The van der Waals surface area contributed by atoms with Gasteiger partial charge in [0.15, 0.2) is 0 Å². The van der Waals surface area contributed by atoms with Crippen LogP contribution in [0.1, 0.15) is 6.92 Å². The van der Waals surface area contributed by atoms with Crippen LogP contribution in [0.4, 0.5) is 13.2 Å². The summed E-state index contributed by atoms with van der Waals surface area (Å²) in [5.74, 6) is -3.51. The number of nitrogens with zero attached hydrogens (tertiary/aromatic N) is 1. The van der Waals surface area contributed by atoms with E-state index in [4.69, 9.17) is 0 Å². The zero-order valence-corrected chi connectivity index (χ0v) is 4.90. The minimum absolute atomic E-state index is 0.768. The van der Waals surface area contributed by atoms with Crippen LogP contribution in [0.5, 0.6) is 0 Å². The van der Waals surface area contributed by atoms with Gasteiger partial charge in [-0.2, -0.15) is 13.2 Å². The van der Waals surface area contributed by atoms with E-state index in [0.29, 0.717) is 0 Å². The van der Waals surface area contributed by atoms with Crippen molar-refractivity contribution in [1.29, 1.82) is 0 Å². The highest BCUT2D eigenvalue weighted by atomic mass is 19.4. The van der Waals surface area contributed by atoms with Crippen molar-refractivity contribution in [2.24, 2.45) is 4.99 Å². The molecule has 0 heterocycles. The van der Waals surface area contributed by atoms with Gasteiger partial charge in [-0.25, -0.2) is 4.99 Å². The lowest BCUT2D eigenvalue weighted by atomic mass is 10.6. The number of carbonyl (C=O) groups is 1. The average molecular weight is 154 g/mol. The average Bonchev–Trinajstić information content (AvgIpc) is 1.60. The van der Waals surface area contributed by atoms with Gasteiger partial charge in [0.05, 0.1) is 5.90 Å². The third-order valence-electron chi connectivity index (χ3n) is 0.501. The van der Waals surface area contributed by atoms with Crippen LogP contribution in [-0.2, 0) is 4.79 Å². The van der Waals surface area contributed by atoms with Gasteiger partial charge in [-0.1, -0.05) is 0 Å². The molecule has 3 nitrogen and oxygen atoms in total. The summed E-state index contributed by atoms with van der Waals surface area (Å²) in [5, 5.41) is 9.76. The van der Waals surface area contributed by atoms with Gasteiger partial charge in [0.1, 0.15) is 0 Å². The first-order valence-corrected chi connectivity index (χ1v) is 2.17. The highest BCUT2D eigenvalue weighted by Gasteiger charge is 2.28. The number of rotatable bonds is 0. The summed E-state index contributed by atoms with van der Waals surface area (Å²) in [6.07, 6.45) is -5.04. The maximum absolute atomic E-state index is 11.2. The van der Waals surface area contributed by atoms with Gasteiger partial charge in [-0.15, -0.1) is 0 Å². The molecule has 0 rings (SSSR count). The number of amides is 1. The van der Waals surface area contributed by atoms with E-state index < -0.39 is 18.0 Å². The second kappa shape index (κ2) is 2.68. The fourth-order valence-corrected chi connectivity index (χ4v) is 0.206. The van der Waals surface area contributed by atoms with Crippen LogP contribution in [0.15, 0.2) is 4.99 Å². The van der Waals surface area contributed by atoms with Crippen LogP contribution in [0, 0.1) is 0 Å². The number of hydrogen-bond donors (Lipinski definition) is 0. The molecule has 0 atom stereocenters. The quantitative estimate of drug-likeness (QED) is 0.360. The normalized spacial score (nSPS) is 13.4. The van der Waals surface area contributed by atoms with Gasteiger partial charge in [0, 0.05) is 6.92 Å². The second-order valence-corrected chi connectivity index (χ2v) is 1.43. The van der Waals surface area contributed by atoms with Crippen molar-refractivity contribution in [3.63, 3.8) is 0 Å². The molecule has 10 heavy (non-hydrogen) atoms. The molecule has 58 valence electrons. The zero-order valence-electron chi connectivity index (χ0n) is 4.90. The smallest absolute Gasteiger partial charge is 0.419 e. The Bertz CT molecular complexity index is 172. The number of carbonyl (C=O) groups excluding carboxylic acids is 1. The maximum Gasteiger partial charge on any atom is 0.419 e. The highest BCUT2D eigenvalue weighted by molar-refractivity contribution is 5.90. The zero-order chi connectivity index (χ0) is 8.36. The number of alkyl halides is 3. The van der Waals surface area contributed by atoms with Crippen molar-refractivity contribution in [3.8, 4) is 0 Å². The maximum atomic E-state index is 11.2. The molecule has 1 amide bonds. The van der Waals surface area contributed by atoms with E-state index in [1.165, 1.54) is 0 Å². The molecule has 0 aliphatic rings. The van der Waals surface area contributed by atoms with Crippen LogP contribution in [0.2, 0.25) is 0 Å². The Morgan fingerprint density at radius 1 is 1.50 bits per heavy atom. The number of hydrogen-bond acceptors (Lipinski definition) is 2. The monoisotopic (exact) mass is 154 g/mol. The Kier molecular flexibility index (Phi) is 2.39. The lowest BCUT2D eigenvalue weighted by molar-refractivity contribution is -0.262. The molecule has 0 aromatic carbocycles. The molecular formula is C4H3F3NO2-. The van der Waals surface area contributed by atoms with E-state index in [1.54, 1.807) is 0 Å². The van der Waals surface area contributed by atoms with E-state index in [1.807, 2.05) is 0 Å². The lowest BCUT2D eigenvalue weighted by Gasteiger charge is -2.11. The van der Waals surface area contributed by atoms with Crippen molar-refractivity contribution in [2.45, 2.75) is 13.1 Å². The largest absolute Gasteiger partial charge is 0.855 e. The van der Waals surface area contributed by atoms with Crippen LogP contribution in [-0.4, -0.2) is 18.0 Å². The van der Waals surface area contributed by atoms with E-state index >= 15 is 0 Å². The minimum Gasteiger partial charge on any atom is -0.855 e. The Morgan fingerprint density at radius 2 is 1.90 bits per heavy atom. The molecule has 0 aromatic heterocycles. The molecule has 6 heteroatoms. The van der Waals surface area contributed by atoms with Crippen LogP contribution >= 0.6 is 0 Å². The Hall–Kier alpha value is -1.07. The molecule has 0 N–H and O–H groups in total. The van der Waals surface area contributed by atoms with Gasteiger partial charge in [0.25, 0.3) is 0 Å². The molecule has 0 aromatic rings.